The molecule has 1 aliphatic rings. The second kappa shape index (κ2) is 6.37. The maximum atomic E-state index is 11.9. The Morgan fingerprint density at radius 3 is 2.88 bits per heavy atom. The molecule has 92 valence electrons. The summed E-state index contributed by atoms with van der Waals surface area (Å²) in [6, 6.07) is 3.83. The van der Waals surface area contributed by atoms with Gasteiger partial charge in [0.05, 0.1) is 24.0 Å². The number of rotatable bonds is 3. The van der Waals surface area contributed by atoms with Crippen molar-refractivity contribution in [2.24, 2.45) is 0 Å². The van der Waals surface area contributed by atoms with Gasteiger partial charge in [0.1, 0.15) is 0 Å². The lowest BCUT2D eigenvalue weighted by molar-refractivity contribution is -0.132. The molecule has 1 amide bonds. The van der Waals surface area contributed by atoms with Crippen LogP contribution in [0.1, 0.15) is 0 Å². The van der Waals surface area contributed by atoms with Gasteiger partial charge in [-0.3, -0.25) is 4.79 Å². The number of amides is 1. The van der Waals surface area contributed by atoms with Crippen LogP contribution in [0, 0.1) is 0 Å². The Kier molecular flexibility index (Phi) is 4.82. The van der Waals surface area contributed by atoms with E-state index in [0.717, 1.165) is 9.50 Å². The smallest absolute Gasteiger partial charge is 0.233 e. The van der Waals surface area contributed by atoms with Crippen molar-refractivity contribution in [1.82, 2.24) is 9.88 Å². The molecule has 0 atom stereocenters. The number of aromatic nitrogens is 1. The summed E-state index contributed by atoms with van der Waals surface area (Å²) < 4.78 is 6.15. The Morgan fingerprint density at radius 2 is 2.24 bits per heavy atom. The second-order valence-electron chi connectivity index (χ2n) is 3.60. The monoisotopic (exact) mass is 316 g/mol. The average molecular weight is 317 g/mol. The quantitative estimate of drug-likeness (QED) is 0.797. The van der Waals surface area contributed by atoms with E-state index in [-0.39, 0.29) is 5.91 Å². The summed E-state index contributed by atoms with van der Waals surface area (Å²) in [7, 11) is 0. The fourth-order valence-corrected chi connectivity index (χ4v) is 2.47. The van der Waals surface area contributed by atoms with E-state index in [0.29, 0.717) is 32.1 Å². The van der Waals surface area contributed by atoms with Crippen LogP contribution in [0.15, 0.2) is 27.8 Å². The second-order valence-corrected chi connectivity index (χ2v) is 5.51. The number of thioether (sulfide) groups is 1. The number of hydrogen-bond acceptors (Lipinski definition) is 4. The predicted molar refractivity (Wildman–Crippen MR) is 70.1 cm³/mol. The first-order valence-electron chi connectivity index (χ1n) is 5.35. The number of halogens is 1. The Balaban J connectivity index is 1.81. The zero-order valence-electron chi connectivity index (χ0n) is 9.26. The molecule has 0 aromatic carbocycles. The topological polar surface area (TPSA) is 42.4 Å². The van der Waals surface area contributed by atoms with Crippen LogP contribution >= 0.6 is 27.7 Å². The normalized spacial score (nSPS) is 15.9. The molecule has 0 N–H and O–H groups in total. The first kappa shape index (κ1) is 12.9. The Morgan fingerprint density at radius 1 is 1.47 bits per heavy atom. The number of nitrogens with zero attached hydrogens (tertiary/aromatic N) is 2. The number of carbonyl (C=O) groups is 1. The lowest BCUT2D eigenvalue weighted by Crippen LogP contribution is -2.41. The molecule has 0 aliphatic carbocycles. The third-order valence-corrected chi connectivity index (χ3v) is 3.81. The van der Waals surface area contributed by atoms with Crippen LogP contribution in [0.5, 0.6) is 0 Å². The van der Waals surface area contributed by atoms with Crippen molar-refractivity contribution in [1.29, 1.82) is 0 Å². The fraction of sp³-hybridized carbons (Fsp3) is 0.455. The van der Waals surface area contributed by atoms with Crippen molar-refractivity contribution in [2.45, 2.75) is 5.03 Å². The van der Waals surface area contributed by atoms with E-state index in [2.05, 4.69) is 20.9 Å². The minimum Gasteiger partial charge on any atom is -0.378 e. The van der Waals surface area contributed by atoms with Crippen LogP contribution in [0.2, 0.25) is 0 Å². The van der Waals surface area contributed by atoms with E-state index in [1.165, 1.54) is 11.8 Å². The summed E-state index contributed by atoms with van der Waals surface area (Å²) in [5, 5.41) is 0.870. The van der Waals surface area contributed by atoms with Gasteiger partial charge in [0, 0.05) is 23.8 Å². The first-order valence-corrected chi connectivity index (χ1v) is 7.13. The molecule has 1 aromatic heterocycles. The number of ether oxygens (including phenoxy) is 1. The third-order valence-electron chi connectivity index (χ3n) is 2.41. The minimum absolute atomic E-state index is 0.156. The molecule has 0 bridgehead atoms. The zero-order chi connectivity index (χ0) is 12.1. The fourth-order valence-electron chi connectivity index (χ4n) is 1.49. The average Bonchev–Trinajstić information content (AvgIpc) is 2.39. The highest BCUT2D eigenvalue weighted by molar-refractivity contribution is 9.10. The highest BCUT2D eigenvalue weighted by Gasteiger charge is 2.16. The molecule has 0 radical (unpaired) electrons. The van der Waals surface area contributed by atoms with Crippen molar-refractivity contribution >= 4 is 33.6 Å². The summed E-state index contributed by atoms with van der Waals surface area (Å²) in [5.74, 6) is 0.595. The van der Waals surface area contributed by atoms with Crippen LogP contribution in [0.3, 0.4) is 0 Å². The Hall–Kier alpha value is -0.590. The molecule has 2 heterocycles. The van der Waals surface area contributed by atoms with E-state index < -0.39 is 0 Å². The minimum atomic E-state index is 0.156. The van der Waals surface area contributed by atoms with Crippen molar-refractivity contribution in [3.05, 3.63) is 22.8 Å². The maximum absolute atomic E-state index is 11.9. The standard InChI is InChI=1S/C11H13BrN2O2S/c12-9-1-2-10(13-7-9)17-8-11(15)14-3-5-16-6-4-14/h1-2,7H,3-6,8H2. The van der Waals surface area contributed by atoms with E-state index >= 15 is 0 Å². The van der Waals surface area contributed by atoms with Crippen LogP contribution in [-0.4, -0.2) is 47.8 Å². The van der Waals surface area contributed by atoms with Crippen molar-refractivity contribution in [3.63, 3.8) is 0 Å². The SMILES string of the molecule is O=C(CSc1ccc(Br)cn1)N1CCOCC1. The molecule has 1 aromatic rings. The van der Waals surface area contributed by atoms with Crippen LogP contribution in [-0.2, 0) is 9.53 Å². The Labute approximate surface area is 113 Å². The summed E-state index contributed by atoms with van der Waals surface area (Å²) in [4.78, 5) is 17.9. The van der Waals surface area contributed by atoms with Gasteiger partial charge in [-0.05, 0) is 28.1 Å². The van der Waals surface area contributed by atoms with Crippen LogP contribution in [0.4, 0.5) is 0 Å². The molecular weight excluding hydrogens is 304 g/mol. The largest absolute Gasteiger partial charge is 0.378 e. The lowest BCUT2D eigenvalue weighted by Gasteiger charge is -2.26. The van der Waals surface area contributed by atoms with Gasteiger partial charge in [0.25, 0.3) is 0 Å². The molecule has 6 heteroatoms. The van der Waals surface area contributed by atoms with Crippen molar-refractivity contribution in [2.75, 3.05) is 32.1 Å². The number of carbonyl (C=O) groups excluding carboxylic acids is 1. The van der Waals surface area contributed by atoms with E-state index in [4.69, 9.17) is 4.74 Å². The molecule has 1 fully saturated rings. The van der Waals surface area contributed by atoms with Gasteiger partial charge >= 0.3 is 0 Å². The molecule has 1 saturated heterocycles. The summed E-state index contributed by atoms with van der Waals surface area (Å²) >= 11 is 4.79. The third kappa shape index (κ3) is 3.97. The number of hydrogen-bond donors (Lipinski definition) is 0. The summed E-state index contributed by atoms with van der Waals surface area (Å²) in [6.45, 7) is 2.69. The molecule has 0 spiro atoms. The van der Waals surface area contributed by atoms with Gasteiger partial charge in [-0.25, -0.2) is 4.98 Å². The van der Waals surface area contributed by atoms with Gasteiger partial charge in [-0.1, -0.05) is 11.8 Å². The molecule has 2 rings (SSSR count). The highest BCUT2D eigenvalue weighted by atomic mass is 79.9. The number of pyridine rings is 1. The zero-order valence-corrected chi connectivity index (χ0v) is 11.7. The lowest BCUT2D eigenvalue weighted by atomic mass is 10.4. The molecule has 0 saturated carbocycles. The molecule has 1 aliphatic heterocycles. The predicted octanol–water partition coefficient (Wildman–Crippen LogP) is 1.79. The number of morpholine rings is 1. The van der Waals surface area contributed by atoms with E-state index in [9.17, 15) is 4.79 Å². The molecular formula is C11H13BrN2O2S. The van der Waals surface area contributed by atoms with E-state index in [1.807, 2.05) is 17.0 Å². The summed E-state index contributed by atoms with van der Waals surface area (Å²) in [5.41, 5.74) is 0. The van der Waals surface area contributed by atoms with Gasteiger partial charge < -0.3 is 9.64 Å². The molecule has 17 heavy (non-hydrogen) atoms. The molecule has 0 unspecified atom stereocenters. The van der Waals surface area contributed by atoms with Gasteiger partial charge in [0.15, 0.2) is 0 Å². The van der Waals surface area contributed by atoms with Crippen LogP contribution < -0.4 is 0 Å². The highest BCUT2D eigenvalue weighted by Crippen LogP contribution is 2.18. The van der Waals surface area contributed by atoms with Gasteiger partial charge in [-0.2, -0.15) is 0 Å². The maximum Gasteiger partial charge on any atom is 0.233 e. The van der Waals surface area contributed by atoms with Crippen molar-refractivity contribution < 1.29 is 9.53 Å². The van der Waals surface area contributed by atoms with Gasteiger partial charge in [-0.15, -0.1) is 0 Å². The molecule has 4 nitrogen and oxygen atoms in total. The summed E-state index contributed by atoms with van der Waals surface area (Å²) in [6.07, 6.45) is 1.74. The Bertz CT molecular complexity index is 380. The first-order chi connectivity index (χ1) is 8.25. The van der Waals surface area contributed by atoms with Gasteiger partial charge in [0.2, 0.25) is 5.91 Å². The van der Waals surface area contributed by atoms with E-state index in [1.54, 1.807) is 6.20 Å². The van der Waals surface area contributed by atoms with Crippen LogP contribution in [0.25, 0.3) is 0 Å². The van der Waals surface area contributed by atoms with Crippen molar-refractivity contribution in [3.8, 4) is 0 Å².